The molecule has 242 valence electrons. The number of carbonyl (C=O) groups excluding carboxylic acids is 4. The average molecular weight is 641 g/mol. The summed E-state index contributed by atoms with van der Waals surface area (Å²) in [6.07, 6.45) is 1.32. The summed E-state index contributed by atoms with van der Waals surface area (Å²) in [4.78, 5) is 53.7. The Kier molecular flexibility index (Phi) is 10.9. The number of piperidine rings is 2. The number of fused-ring (bicyclic) bond motifs is 3. The van der Waals surface area contributed by atoms with Crippen molar-refractivity contribution in [2.75, 3.05) is 18.5 Å². The molecule has 4 aliphatic rings. The smallest absolute Gasteiger partial charge is 0.366 e. The third-order valence-electron chi connectivity index (χ3n) is 8.48. The quantitative estimate of drug-likeness (QED) is 0.227. The fourth-order valence-corrected chi connectivity index (χ4v) is 6.72. The maximum Gasteiger partial charge on any atom is 0.366 e. The van der Waals surface area contributed by atoms with E-state index in [0.717, 1.165) is 6.08 Å². The van der Waals surface area contributed by atoms with Gasteiger partial charge in [0, 0.05) is 35.6 Å². The zero-order valence-electron chi connectivity index (χ0n) is 25.1. The third-order valence-corrected chi connectivity index (χ3v) is 8.71. The molecule has 3 heterocycles. The molecule has 0 unspecified atom stereocenters. The molecular formula is C31H40ClF3N4O5. The van der Waals surface area contributed by atoms with Crippen molar-refractivity contribution in [3.05, 3.63) is 41.2 Å². The fourth-order valence-electron chi connectivity index (χ4n) is 6.53. The first-order valence-electron chi connectivity index (χ1n) is 15.1. The number of hydrogen-bond acceptors (Lipinski definition) is 6. The molecule has 0 spiro atoms. The molecule has 1 saturated carbocycles. The van der Waals surface area contributed by atoms with Crippen molar-refractivity contribution >= 4 is 41.0 Å². The van der Waals surface area contributed by atoms with Crippen LogP contribution in [0, 0.1) is 17.8 Å². The number of hydrogen-bond donors (Lipinski definition) is 3. The molecule has 4 fully saturated rings. The molecule has 0 aromatic heterocycles. The van der Waals surface area contributed by atoms with Crippen molar-refractivity contribution in [1.29, 1.82) is 0 Å². The second kappa shape index (κ2) is 14.2. The van der Waals surface area contributed by atoms with E-state index in [4.69, 9.17) is 16.3 Å². The van der Waals surface area contributed by atoms with Gasteiger partial charge in [-0.15, -0.1) is 0 Å². The summed E-state index contributed by atoms with van der Waals surface area (Å²) in [5.41, 5.74) is 0.569. The van der Waals surface area contributed by atoms with Crippen molar-refractivity contribution < 1.29 is 37.1 Å². The van der Waals surface area contributed by atoms with Crippen LogP contribution in [0.15, 0.2) is 36.2 Å². The molecule has 3 saturated heterocycles. The normalized spacial score (nSPS) is 25.8. The Hall–Kier alpha value is -3.28. The molecule has 44 heavy (non-hydrogen) atoms. The molecule has 0 radical (unpaired) electrons. The Balaban J connectivity index is 1.65. The van der Waals surface area contributed by atoms with Crippen LogP contribution in [0.4, 0.5) is 18.9 Å². The number of nitrogens with one attached hydrogen (secondary N) is 3. The molecule has 13 heteroatoms. The topological polar surface area (TPSA) is 117 Å². The fraction of sp³-hybridized carbons (Fsp3) is 0.613. The highest BCUT2D eigenvalue weighted by Gasteiger charge is 2.61. The molecular weight excluding hydrogens is 601 g/mol. The van der Waals surface area contributed by atoms with Crippen LogP contribution in [-0.4, -0.2) is 71.8 Å². The number of nitrogens with zero attached hydrogens (tertiary/aromatic N) is 1. The molecule has 3 N–H and O–H groups in total. The van der Waals surface area contributed by atoms with Gasteiger partial charge in [0.05, 0.1) is 18.6 Å². The molecule has 3 amide bonds. The van der Waals surface area contributed by atoms with Crippen LogP contribution in [0.25, 0.3) is 0 Å². The summed E-state index contributed by atoms with van der Waals surface area (Å²) < 4.78 is 50.1. The predicted molar refractivity (Wildman–Crippen MR) is 159 cm³/mol. The van der Waals surface area contributed by atoms with Crippen molar-refractivity contribution in [2.24, 2.45) is 17.8 Å². The Morgan fingerprint density at radius 1 is 1.23 bits per heavy atom. The van der Waals surface area contributed by atoms with Crippen LogP contribution in [0.1, 0.15) is 59.3 Å². The summed E-state index contributed by atoms with van der Waals surface area (Å²) in [5, 5.41) is 8.90. The van der Waals surface area contributed by atoms with E-state index in [0.29, 0.717) is 36.5 Å². The van der Waals surface area contributed by atoms with Crippen molar-refractivity contribution in [2.45, 2.75) is 89.4 Å². The second-order valence-electron chi connectivity index (χ2n) is 12.2. The molecule has 5 rings (SSSR count). The summed E-state index contributed by atoms with van der Waals surface area (Å²) in [5.74, 6) is -9.42. The van der Waals surface area contributed by atoms with E-state index in [1.807, 2.05) is 13.8 Å². The maximum atomic E-state index is 15.3. The number of alkyl halides is 2. The van der Waals surface area contributed by atoms with Gasteiger partial charge in [0.2, 0.25) is 23.5 Å². The van der Waals surface area contributed by atoms with E-state index in [1.165, 1.54) is 11.8 Å². The first-order valence-corrected chi connectivity index (χ1v) is 15.5. The van der Waals surface area contributed by atoms with Gasteiger partial charge in [-0.25, -0.2) is 13.6 Å². The summed E-state index contributed by atoms with van der Waals surface area (Å²) in [7, 11) is 0. The second-order valence-corrected chi connectivity index (χ2v) is 12.6. The zero-order valence-corrected chi connectivity index (χ0v) is 25.8. The highest BCUT2D eigenvalue weighted by atomic mass is 35.5. The minimum atomic E-state index is -3.21. The maximum absolute atomic E-state index is 15.3. The van der Waals surface area contributed by atoms with Crippen molar-refractivity contribution in [3.8, 4) is 0 Å². The van der Waals surface area contributed by atoms with E-state index in [9.17, 15) is 23.6 Å². The summed E-state index contributed by atoms with van der Waals surface area (Å²) >= 11 is 6.14. The highest BCUT2D eigenvalue weighted by molar-refractivity contribution is 6.30. The van der Waals surface area contributed by atoms with Gasteiger partial charge in [-0.05, 0) is 69.2 Å². The number of ether oxygens (including phenoxy) is 1. The Labute approximate surface area is 260 Å². The molecule has 1 aliphatic carbocycles. The van der Waals surface area contributed by atoms with E-state index < -0.39 is 72.0 Å². The van der Waals surface area contributed by atoms with Crippen LogP contribution in [0.2, 0.25) is 5.02 Å². The van der Waals surface area contributed by atoms with E-state index >= 15 is 8.78 Å². The lowest BCUT2D eigenvalue weighted by atomic mass is 9.71. The van der Waals surface area contributed by atoms with E-state index in [1.54, 1.807) is 24.3 Å². The van der Waals surface area contributed by atoms with Crippen LogP contribution in [0.5, 0.6) is 0 Å². The third kappa shape index (κ3) is 7.86. The lowest BCUT2D eigenvalue weighted by Gasteiger charge is -2.54. The minimum absolute atomic E-state index is 0.0266. The molecule has 3 aliphatic heterocycles. The minimum Gasteiger partial charge on any atom is -0.461 e. The van der Waals surface area contributed by atoms with Crippen LogP contribution in [-0.2, 0) is 23.9 Å². The van der Waals surface area contributed by atoms with Crippen molar-refractivity contribution in [1.82, 2.24) is 15.5 Å². The first kappa shape index (κ1) is 33.6. The van der Waals surface area contributed by atoms with Gasteiger partial charge in [-0.1, -0.05) is 31.5 Å². The van der Waals surface area contributed by atoms with E-state index in [-0.39, 0.29) is 31.3 Å². The Morgan fingerprint density at radius 3 is 2.59 bits per heavy atom. The average Bonchev–Trinajstić information content (AvgIpc) is 3.35. The number of halogens is 4. The van der Waals surface area contributed by atoms with Gasteiger partial charge < -0.3 is 25.6 Å². The van der Waals surface area contributed by atoms with Crippen molar-refractivity contribution in [3.63, 3.8) is 0 Å². The summed E-state index contributed by atoms with van der Waals surface area (Å²) in [6.45, 7) is 5.67. The van der Waals surface area contributed by atoms with Gasteiger partial charge in [-0.3, -0.25) is 14.4 Å². The number of esters is 1. The van der Waals surface area contributed by atoms with Crippen LogP contribution in [0.3, 0.4) is 0 Å². The zero-order chi connectivity index (χ0) is 32.2. The lowest BCUT2D eigenvalue weighted by Crippen LogP contribution is -2.70. The lowest BCUT2D eigenvalue weighted by molar-refractivity contribution is -0.194. The number of carbonyl (C=O) groups is 4. The Bertz CT molecular complexity index is 1280. The SMILES string of the molecule is CCOC(=O)/C(F)=C\[C@@H](C[C@@H]1CCNC1=O)NC(=O)[C@@H]1[C@@H]2CC[C@@H](CC2(F)F)N1C(=O)[C@@H](CC(C)C)Nc1cccc(Cl)c1. The number of rotatable bonds is 12. The predicted octanol–water partition coefficient (Wildman–Crippen LogP) is 4.61. The van der Waals surface area contributed by atoms with Gasteiger partial charge >= 0.3 is 5.97 Å². The Morgan fingerprint density at radius 2 is 1.98 bits per heavy atom. The number of benzene rings is 1. The summed E-state index contributed by atoms with van der Waals surface area (Å²) in [6, 6.07) is 2.33. The molecule has 2 bridgehead atoms. The number of amides is 3. The van der Waals surface area contributed by atoms with Gasteiger partial charge in [0.15, 0.2) is 0 Å². The van der Waals surface area contributed by atoms with E-state index in [2.05, 4.69) is 16.0 Å². The van der Waals surface area contributed by atoms with Crippen LogP contribution < -0.4 is 16.0 Å². The molecule has 1 aromatic carbocycles. The van der Waals surface area contributed by atoms with Gasteiger partial charge in [0.25, 0.3) is 5.92 Å². The van der Waals surface area contributed by atoms with Gasteiger partial charge in [0.1, 0.15) is 12.1 Å². The largest absolute Gasteiger partial charge is 0.461 e. The first-order chi connectivity index (χ1) is 20.8. The molecule has 1 aromatic rings. The van der Waals surface area contributed by atoms with Gasteiger partial charge in [-0.2, -0.15) is 4.39 Å². The monoisotopic (exact) mass is 640 g/mol. The van der Waals surface area contributed by atoms with Crippen LogP contribution >= 0.6 is 11.6 Å². The number of anilines is 1. The molecule has 6 atom stereocenters. The highest BCUT2D eigenvalue weighted by Crippen LogP contribution is 2.49. The molecule has 9 nitrogen and oxygen atoms in total. The standard InChI is InChI=1S/C31H40ClF3N4O5/c1-4-44-30(43)24(33)15-21(13-18-10-11-36-27(18)40)38-28(41)26-23-9-8-22(16-31(23,34)35)39(26)29(42)25(12-17(2)3)37-20-7-5-6-19(32)14-20/h5-7,14-15,17-18,21-23,25-26,37H,4,8-13,16H2,1-3H3,(H,36,40)(H,38,41)/b24-15+/t18-,21+,22-,23-,25+,26-/m0/s1.